The van der Waals surface area contributed by atoms with Crippen LogP contribution in [0.2, 0.25) is 0 Å². The number of amides is 2. The van der Waals surface area contributed by atoms with E-state index in [0.29, 0.717) is 11.4 Å². The molecule has 0 radical (unpaired) electrons. The number of nitrogens with one attached hydrogen (secondary N) is 1. The van der Waals surface area contributed by atoms with Crippen molar-refractivity contribution in [1.82, 2.24) is 4.98 Å². The Kier molecular flexibility index (Phi) is 6.61. The van der Waals surface area contributed by atoms with E-state index in [1.165, 1.54) is 16.9 Å². The number of thiazole rings is 1. The Morgan fingerprint density at radius 1 is 1.07 bits per heavy atom. The molecule has 1 heterocycles. The van der Waals surface area contributed by atoms with E-state index in [-0.39, 0.29) is 25.4 Å². The summed E-state index contributed by atoms with van der Waals surface area (Å²) in [7, 11) is 0. The van der Waals surface area contributed by atoms with Crippen molar-refractivity contribution in [2.45, 2.75) is 26.7 Å². The summed E-state index contributed by atoms with van der Waals surface area (Å²) in [6, 6.07) is 15.1. The molecule has 6 nitrogen and oxygen atoms in total. The molecule has 1 aromatic heterocycles. The van der Waals surface area contributed by atoms with Crippen molar-refractivity contribution in [2.24, 2.45) is 5.73 Å². The summed E-state index contributed by atoms with van der Waals surface area (Å²) < 4.78 is 5.43. The number of carbonyl (C=O) groups is 2. The van der Waals surface area contributed by atoms with E-state index >= 15 is 0 Å². The van der Waals surface area contributed by atoms with Gasteiger partial charge >= 0.3 is 0 Å². The van der Waals surface area contributed by atoms with Crippen LogP contribution in [0.4, 0.5) is 5.69 Å². The third-order valence-corrected chi connectivity index (χ3v) is 5.18. The summed E-state index contributed by atoms with van der Waals surface area (Å²) in [6.45, 7) is 4.22. The van der Waals surface area contributed by atoms with Gasteiger partial charge in [-0.15, -0.1) is 11.3 Å². The van der Waals surface area contributed by atoms with Crippen LogP contribution >= 0.6 is 11.3 Å². The molecule has 0 aliphatic rings. The number of rotatable bonds is 8. The maximum absolute atomic E-state index is 12.5. The molecule has 0 fully saturated rings. The molecule has 29 heavy (non-hydrogen) atoms. The highest BCUT2D eigenvalue weighted by Crippen LogP contribution is 2.29. The highest BCUT2D eigenvalue weighted by Gasteiger charge is 2.15. The summed E-state index contributed by atoms with van der Waals surface area (Å²) in [5.74, 6) is 0.102. The average Bonchev–Trinajstić information content (AvgIpc) is 3.03. The summed E-state index contributed by atoms with van der Waals surface area (Å²) in [6.07, 6.45) is 0.418. The van der Waals surface area contributed by atoms with E-state index in [0.717, 1.165) is 21.1 Å². The van der Waals surface area contributed by atoms with E-state index in [1.807, 2.05) is 38.1 Å². The van der Waals surface area contributed by atoms with Crippen molar-refractivity contribution >= 4 is 28.8 Å². The molecule has 3 N–H and O–H groups in total. The fourth-order valence-electron chi connectivity index (χ4n) is 2.78. The minimum Gasteiger partial charge on any atom is -0.493 e. The van der Waals surface area contributed by atoms with Crippen LogP contribution in [-0.4, -0.2) is 23.4 Å². The zero-order chi connectivity index (χ0) is 20.8. The van der Waals surface area contributed by atoms with Gasteiger partial charge in [0, 0.05) is 16.1 Å². The Balaban J connectivity index is 1.62. The maximum atomic E-state index is 12.5. The molecule has 3 aromatic rings. The third-order valence-electron chi connectivity index (χ3n) is 4.21. The van der Waals surface area contributed by atoms with E-state index in [9.17, 15) is 9.59 Å². The molecular weight excluding hydrogens is 386 g/mol. The molecule has 150 valence electrons. The first-order valence-corrected chi connectivity index (χ1v) is 10.1. The Bertz CT molecular complexity index is 995. The molecule has 2 amide bonds. The summed E-state index contributed by atoms with van der Waals surface area (Å²) in [5, 5.41) is 3.83. The van der Waals surface area contributed by atoms with Crippen LogP contribution in [0.5, 0.6) is 5.75 Å². The molecular formula is C22H23N3O3S. The van der Waals surface area contributed by atoms with Crippen LogP contribution in [0.3, 0.4) is 0 Å². The Morgan fingerprint density at radius 2 is 1.76 bits per heavy atom. The van der Waals surface area contributed by atoms with Gasteiger partial charge in [-0.1, -0.05) is 29.8 Å². The van der Waals surface area contributed by atoms with Crippen molar-refractivity contribution in [3.8, 4) is 17.0 Å². The van der Waals surface area contributed by atoms with Gasteiger partial charge in [-0.25, -0.2) is 4.98 Å². The largest absolute Gasteiger partial charge is 0.493 e. The normalized spacial score (nSPS) is 10.6. The number of hydrogen-bond acceptors (Lipinski definition) is 5. The molecule has 7 heteroatoms. The molecule has 0 spiro atoms. The quantitative estimate of drug-likeness (QED) is 0.591. The van der Waals surface area contributed by atoms with E-state index in [4.69, 9.17) is 10.5 Å². The number of carbonyl (C=O) groups excluding carboxylic acids is 2. The molecule has 0 bridgehead atoms. The molecule has 2 aromatic carbocycles. The van der Waals surface area contributed by atoms with Gasteiger partial charge in [0.05, 0.1) is 30.2 Å². The second-order valence-corrected chi connectivity index (χ2v) is 7.97. The third kappa shape index (κ3) is 5.89. The molecule has 0 unspecified atom stereocenters. The zero-order valence-corrected chi connectivity index (χ0v) is 17.2. The average molecular weight is 410 g/mol. The second kappa shape index (κ2) is 9.34. The number of hydrogen-bond donors (Lipinski definition) is 2. The lowest BCUT2D eigenvalue weighted by atomic mass is 10.1. The van der Waals surface area contributed by atoms with Gasteiger partial charge in [0.15, 0.2) is 0 Å². The van der Waals surface area contributed by atoms with Crippen molar-refractivity contribution in [3.63, 3.8) is 0 Å². The summed E-state index contributed by atoms with van der Waals surface area (Å²) in [5.41, 5.74) is 8.82. The molecule has 0 aliphatic carbocycles. The number of nitrogens with two attached hydrogens (primary N) is 1. The molecule has 3 rings (SSSR count). The maximum Gasteiger partial charge on any atom is 0.229 e. The van der Waals surface area contributed by atoms with Crippen LogP contribution in [0.25, 0.3) is 11.3 Å². The fraction of sp³-hybridized carbons (Fsp3) is 0.227. The Hall–Kier alpha value is -3.19. The summed E-state index contributed by atoms with van der Waals surface area (Å²) >= 11 is 1.54. The van der Waals surface area contributed by atoms with Crippen LogP contribution in [0, 0.1) is 13.8 Å². The topological polar surface area (TPSA) is 94.3 Å². The van der Waals surface area contributed by atoms with Crippen LogP contribution < -0.4 is 15.8 Å². The van der Waals surface area contributed by atoms with Gasteiger partial charge in [0.25, 0.3) is 0 Å². The molecule has 0 saturated heterocycles. The van der Waals surface area contributed by atoms with Gasteiger partial charge in [-0.05, 0) is 38.1 Å². The zero-order valence-electron chi connectivity index (χ0n) is 16.4. The van der Waals surface area contributed by atoms with E-state index in [2.05, 4.69) is 10.3 Å². The summed E-state index contributed by atoms with van der Waals surface area (Å²) in [4.78, 5) is 28.8. The van der Waals surface area contributed by atoms with Crippen molar-refractivity contribution in [1.29, 1.82) is 0 Å². The smallest absolute Gasteiger partial charge is 0.229 e. The lowest BCUT2D eigenvalue weighted by molar-refractivity contribution is -0.118. The molecule has 0 aliphatic heterocycles. The van der Waals surface area contributed by atoms with Crippen LogP contribution in [0.1, 0.15) is 21.9 Å². The Labute approximate surface area is 173 Å². The van der Waals surface area contributed by atoms with Gasteiger partial charge in [0.2, 0.25) is 11.8 Å². The van der Waals surface area contributed by atoms with Gasteiger partial charge in [-0.3, -0.25) is 9.59 Å². The van der Waals surface area contributed by atoms with E-state index < -0.39 is 5.91 Å². The standard InChI is InChI=1S/C22H23N3O3S/c1-14-3-5-16(6-4-14)22-19(29-15(2)24-22)13-21(27)25-17-7-9-18(10-8-17)28-12-11-20(23)26/h3-10H,11-13H2,1-2H3,(H2,23,26)(H,25,27). The first kappa shape index (κ1) is 20.5. The first-order valence-electron chi connectivity index (χ1n) is 9.25. The molecule has 0 atom stereocenters. The minimum atomic E-state index is -0.405. The SMILES string of the molecule is Cc1ccc(-c2nc(C)sc2CC(=O)Nc2ccc(OCCC(N)=O)cc2)cc1. The second-order valence-electron chi connectivity index (χ2n) is 6.68. The van der Waals surface area contributed by atoms with Crippen molar-refractivity contribution in [3.05, 3.63) is 64.0 Å². The van der Waals surface area contributed by atoms with Crippen LogP contribution in [-0.2, 0) is 16.0 Å². The highest BCUT2D eigenvalue weighted by molar-refractivity contribution is 7.12. The number of anilines is 1. The van der Waals surface area contributed by atoms with Gasteiger partial charge in [0.1, 0.15) is 5.75 Å². The number of nitrogens with zero attached hydrogens (tertiary/aromatic N) is 1. The minimum absolute atomic E-state index is 0.107. The number of aryl methyl sites for hydroxylation is 2. The van der Waals surface area contributed by atoms with E-state index in [1.54, 1.807) is 24.3 Å². The number of primary amides is 1. The van der Waals surface area contributed by atoms with Crippen molar-refractivity contribution < 1.29 is 14.3 Å². The lowest BCUT2D eigenvalue weighted by Crippen LogP contribution is -2.15. The Morgan fingerprint density at radius 3 is 2.41 bits per heavy atom. The monoisotopic (exact) mass is 409 g/mol. The number of benzene rings is 2. The first-order chi connectivity index (χ1) is 13.9. The predicted octanol–water partition coefficient (Wildman–Crippen LogP) is 3.86. The number of ether oxygens (including phenoxy) is 1. The van der Waals surface area contributed by atoms with Gasteiger partial charge in [-0.2, -0.15) is 0 Å². The highest BCUT2D eigenvalue weighted by atomic mass is 32.1. The van der Waals surface area contributed by atoms with Crippen molar-refractivity contribution in [2.75, 3.05) is 11.9 Å². The molecule has 0 saturated carbocycles. The number of aromatic nitrogens is 1. The fourth-order valence-corrected chi connectivity index (χ4v) is 3.74. The lowest BCUT2D eigenvalue weighted by Gasteiger charge is -2.08. The predicted molar refractivity (Wildman–Crippen MR) is 115 cm³/mol. The van der Waals surface area contributed by atoms with Gasteiger partial charge < -0.3 is 15.8 Å². The van der Waals surface area contributed by atoms with Crippen LogP contribution in [0.15, 0.2) is 48.5 Å².